The van der Waals surface area contributed by atoms with Crippen LogP contribution in [-0.4, -0.2) is 47.9 Å². The van der Waals surface area contributed by atoms with Gasteiger partial charge in [0, 0.05) is 29.7 Å². The Kier molecular flexibility index (Phi) is 8.63. The largest absolute Gasteiger partial charge is 0.493 e. The minimum Gasteiger partial charge on any atom is -0.493 e. The molecule has 41 heavy (non-hydrogen) atoms. The van der Waals surface area contributed by atoms with Crippen LogP contribution in [0.3, 0.4) is 0 Å². The molecule has 0 bridgehead atoms. The summed E-state index contributed by atoms with van der Waals surface area (Å²) in [7, 11) is 0. The number of nitrogens with zero attached hydrogens (tertiary/aromatic N) is 1. The van der Waals surface area contributed by atoms with E-state index in [4.69, 9.17) is 25.8 Å². The predicted molar refractivity (Wildman–Crippen MR) is 154 cm³/mol. The van der Waals surface area contributed by atoms with Gasteiger partial charge in [0.2, 0.25) is 0 Å². The molecule has 3 aromatic carbocycles. The molecule has 2 fully saturated rings. The van der Waals surface area contributed by atoms with Gasteiger partial charge in [0.1, 0.15) is 11.6 Å². The van der Waals surface area contributed by atoms with Gasteiger partial charge in [0.15, 0.2) is 18.0 Å². The maximum atomic E-state index is 13.7. The van der Waals surface area contributed by atoms with Crippen molar-refractivity contribution in [2.45, 2.75) is 64.2 Å². The average Bonchev–Trinajstić information content (AvgIpc) is 3.56. The van der Waals surface area contributed by atoms with Gasteiger partial charge in [0.25, 0.3) is 11.8 Å². The van der Waals surface area contributed by atoms with E-state index in [1.807, 2.05) is 49.4 Å². The van der Waals surface area contributed by atoms with Crippen molar-refractivity contribution in [1.29, 1.82) is 0 Å². The predicted octanol–water partition coefficient (Wildman–Crippen LogP) is 6.04. The Hall–Kier alpha value is -3.46. The lowest BCUT2D eigenvalue weighted by molar-refractivity contribution is -0.163. The highest BCUT2D eigenvalue weighted by molar-refractivity contribution is 6.30. The third-order valence-electron chi connectivity index (χ3n) is 7.34. The summed E-state index contributed by atoms with van der Waals surface area (Å²) in [4.78, 5) is 28.8. The number of benzene rings is 3. The number of nitrogens with one attached hydrogen (secondary N) is 1. The summed E-state index contributed by atoms with van der Waals surface area (Å²) in [6, 6.07) is 19.4. The number of halogens is 2. The molecule has 9 heteroatoms. The highest BCUT2D eigenvalue weighted by Crippen LogP contribution is 2.37. The molecular formula is C32H34ClFN2O5. The minimum absolute atomic E-state index is 0.139. The maximum Gasteiger partial charge on any atom is 0.255 e. The zero-order valence-electron chi connectivity index (χ0n) is 23.4. The van der Waals surface area contributed by atoms with Gasteiger partial charge in [-0.2, -0.15) is 0 Å². The SMILES string of the molecule is CCOc1cc(F)ccc1-c1ccc(CNC(=O)[C@@H]2OC(C)(C)O[C@H]2C(=O)N2CCC[C@@H]2c2cccc(Cl)c2)cc1. The summed E-state index contributed by atoms with van der Waals surface area (Å²) in [5.41, 5.74) is 3.45. The first-order valence-corrected chi connectivity index (χ1v) is 14.2. The van der Waals surface area contributed by atoms with Gasteiger partial charge in [-0.1, -0.05) is 48.0 Å². The molecule has 0 spiro atoms. The standard InChI is InChI=1S/C32H34ClFN2O5/c1-4-39-27-18-24(34)14-15-25(27)21-12-10-20(11-13-21)19-35-30(37)28-29(41-32(2,3)40-28)31(38)36-16-6-9-26(36)22-7-5-8-23(33)17-22/h5,7-8,10-15,17-18,26,28-29H,4,6,9,16,19H2,1-3H3,(H,35,37)/t26-,28-,29-/m1/s1. The molecule has 3 aromatic rings. The van der Waals surface area contributed by atoms with Gasteiger partial charge in [-0.05, 0) is 74.6 Å². The Bertz CT molecular complexity index is 1410. The molecule has 216 valence electrons. The number of carbonyl (C=O) groups is 2. The zero-order valence-corrected chi connectivity index (χ0v) is 24.1. The summed E-state index contributed by atoms with van der Waals surface area (Å²) in [6.07, 6.45) is -0.510. The van der Waals surface area contributed by atoms with E-state index in [9.17, 15) is 14.0 Å². The molecule has 0 aliphatic carbocycles. The van der Waals surface area contributed by atoms with Crippen LogP contribution in [0.5, 0.6) is 5.75 Å². The fourth-order valence-electron chi connectivity index (χ4n) is 5.49. The van der Waals surface area contributed by atoms with Crippen molar-refractivity contribution >= 4 is 23.4 Å². The van der Waals surface area contributed by atoms with Gasteiger partial charge < -0.3 is 24.4 Å². The number of hydrogen-bond acceptors (Lipinski definition) is 5. The number of ether oxygens (including phenoxy) is 3. The van der Waals surface area contributed by atoms with Crippen LogP contribution < -0.4 is 10.1 Å². The molecular weight excluding hydrogens is 547 g/mol. The second kappa shape index (κ2) is 12.2. The van der Waals surface area contributed by atoms with Gasteiger partial charge in [-0.15, -0.1) is 0 Å². The molecule has 0 unspecified atom stereocenters. The summed E-state index contributed by atoms with van der Waals surface area (Å²) in [5, 5.41) is 3.51. The van der Waals surface area contributed by atoms with Gasteiger partial charge >= 0.3 is 0 Å². The molecule has 2 heterocycles. The number of hydrogen-bond donors (Lipinski definition) is 1. The molecule has 2 amide bonds. The van der Waals surface area contributed by atoms with Gasteiger partial charge in [-0.3, -0.25) is 9.59 Å². The Morgan fingerprint density at radius 2 is 1.83 bits per heavy atom. The van der Waals surface area contributed by atoms with Crippen LogP contribution in [-0.2, 0) is 25.6 Å². The Morgan fingerprint density at radius 1 is 1.07 bits per heavy atom. The van der Waals surface area contributed by atoms with Gasteiger partial charge in [0.05, 0.1) is 12.6 Å². The Labute approximate surface area is 244 Å². The van der Waals surface area contributed by atoms with E-state index >= 15 is 0 Å². The quantitative estimate of drug-likeness (QED) is 0.351. The Balaban J connectivity index is 1.26. The van der Waals surface area contributed by atoms with E-state index in [1.165, 1.54) is 12.1 Å². The third kappa shape index (κ3) is 6.56. The van der Waals surface area contributed by atoms with Crippen LogP contribution >= 0.6 is 11.6 Å². The van der Waals surface area contributed by atoms with E-state index in [2.05, 4.69) is 5.32 Å². The van der Waals surface area contributed by atoms with E-state index < -0.39 is 23.9 Å². The van der Waals surface area contributed by atoms with Crippen LogP contribution in [0.2, 0.25) is 5.02 Å². The average molecular weight is 581 g/mol. The molecule has 2 aliphatic rings. The topological polar surface area (TPSA) is 77.1 Å². The lowest BCUT2D eigenvalue weighted by Crippen LogP contribution is -2.49. The number of amides is 2. The summed E-state index contributed by atoms with van der Waals surface area (Å²) in [5.74, 6) is -1.68. The van der Waals surface area contributed by atoms with E-state index in [-0.39, 0.29) is 24.3 Å². The van der Waals surface area contributed by atoms with Gasteiger partial charge in [-0.25, -0.2) is 4.39 Å². The monoisotopic (exact) mass is 580 g/mol. The smallest absolute Gasteiger partial charge is 0.255 e. The molecule has 3 atom stereocenters. The molecule has 5 rings (SSSR count). The van der Waals surface area contributed by atoms with E-state index in [1.54, 1.807) is 30.9 Å². The maximum absolute atomic E-state index is 13.7. The van der Waals surface area contributed by atoms with Crippen LogP contribution in [0.1, 0.15) is 50.8 Å². The van der Waals surface area contributed by atoms with Crippen LogP contribution in [0.4, 0.5) is 4.39 Å². The fourth-order valence-corrected chi connectivity index (χ4v) is 5.69. The van der Waals surface area contributed by atoms with E-state index in [0.29, 0.717) is 23.9 Å². The summed E-state index contributed by atoms with van der Waals surface area (Å²) >= 11 is 6.21. The minimum atomic E-state index is -1.09. The van der Waals surface area contributed by atoms with Crippen molar-refractivity contribution in [3.63, 3.8) is 0 Å². The zero-order chi connectivity index (χ0) is 29.1. The van der Waals surface area contributed by atoms with Crippen molar-refractivity contribution in [3.05, 3.63) is 88.7 Å². The highest BCUT2D eigenvalue weighted by atomic mass is 35.5. The first-order chi connectivity index (χ1) is 19.6. The van der Waals surface area contributed by atoms with Crippen LogP contribution in [0.15, 0.2) is 66.7 Å². The van der Waals surface area contributed by atoms with Crippen molar-refractivity contribution in [1.82, 2.24) is 10.2 Å². The first-order valence-electron chi connectivity index (χ1n) is 13.9. The van der Waals surface area contributed by atoms with E-state index in [0.717, 1.165) is 35.1 Å². The fraction of sp³-hybridized carbons (Fsp3) is 0.375. The van der Waals surface area contributed by atoms with Crippen molar-refractivity contribution in [2.75, 3.05) is 13.2 Å². The van der Waals surface area contributed by atoms with Crippen molar-refractivity contribution in [2.24, 2.45) is 0 Å². The molecule has 0 saturated carbocycles. The lowest BCUT2D eigenvalue weighted by Gasteiger charge is -2.28. The van der Waals surface area contributed by atoms with Crippen LogP contribution in [0.25, 0.3) is 11.1 Å². The normalized spacial score (nSPS) is 21.6. The second-order valence-electron chi connectivity index (χ2n) is 10.7. The molecule has 2 aliphatic heterocycles. The third-order valence-corrected chi connectivity index (χ3v) is 7.58. The lowest BCUT2D eigenvalue weighted by atomic mass is 10.0. The first kappa shape index (κ1) is 29.0. The van der Waals surface area contributed by atoms with Crippen molar-refractivity contribution < 1.29 is 28.2 Å². The molecule has 2 saturated heterocycles. The second-order valence-corrected chi connectivity index (χ2v) is 11.1. The number of likely N-dealkylation sites (tertiary alicyclic amines) is 1. The highest BCUT2D eigenvalue weighted by Gasteiger charge is 2.51. The molecule has 7 nitrogen and oxygen atoms in total. The summed E-state index contributed by atoms with van der Waals surface area (Å²) < 4.78 is 31.2. The van der Waals surface area contributed by atoms with Crippen molar-refractivity contribution in [3.8, 4) is 16.9 Å². The molecule has 0 aromatic heterocycles. The summed E-state index contributed by atoms with van der Waals surface area (Å²) in [6.45, 7) is 6.47. The number of rotatable bonds is 8. The molecule has 0 radical (unpaired) electrons. The van der Waals surface area contributed by atoms with Crippen LogP contribution in [0, 0.1) is 5.82 Å². The molecule has 1 N–H and O–H groups in total. The number of carbonyl (C=O) groups excluding carboxylic acids is 2. The Morgan fingerprint density at radius 3 is 2.56 bits per heavy atom.